The first kappa shape index (κ1) is 16.4. The highest BCUT2D eigenvalue weighted by Gasteiger charge is 2.35. The fourth-order valence-electron chi connectivity index (χ4n) is 4.87. The maximum atomic E-state index is 13.3. The minimum Gasteiger partial charge on any atom is -0.297 e. The summed E-state index contributed by atoms with van der Waals surface area (Å²) >= 11 is 0. The van der Waals surface area contributed by atoms with Gasteiger partial charge in [0.1, 0.15) is 6.33 Å². The number of non-ortho nitro benzene ring substituents is 1. The molecule has 6 rings (SSSR count). The second kappa shape index (κ2) is 5.05. The third kappa shape index (κ3) is 2.04. The van der Waals surface area contributed by atoms with Gasteiger partial charge in [-0.15, -0.1) is 0 Å². The molecule has 5 aromatic rings. The van der Waals surface area contributed by atoms with Crippen LogP contribution in [0.1, 0.15) is 36.3 Å². The van der Waals surface area contributed by atoms with Gasteiger partial charge in [0.05, 0.1) is 32.7 Å². The molecule has 2 aromatic carbocycles. The monoisotopic (exact) mass is 384 g/mol. The molecule has 142 valence electrons. The van der Waals surface area contributed by atoms with Crippen molar-refractivity contribution in [2.45, 2.75) is 26.7 Å². The Hall–Kier alpha value is -3.61. The van der Waals surface area contributed by atoms with Crippen molar-refractivity contribution < 1.29 is 9.72 Å². The predicted octanol–water partition coefficient (Wildman–Crippen LogP) is 4.69. The smallest absolute Gasteiger partial charge is 0.270 e. The summed E-state index contributed by atoms with van der Waals surface area (Å²) in [6.45, 7) is 4.14. The molecule has 0 bridgehead atoms. The Morgan fingerprint density at radius 3 is 2.69 bits per heavy atom. The second-order valence-electron chi connectivity index (χ2n) is 8.65. The molecule has 1 aliphatic carbocycles. The Morgan fingerprint density at radius 2 is 1.90 bits per heavy atom. The average molecular weight is 384 g/mol. The second-order valence-corrected chi connectivity index (χ2v) is 8.65. The van der Waals surface area contributed by atoms with Gasteiger partial charge >= 0.3 is 0 Å². The first-order chi connectivity index (χ1) is 13.8. The lowest BCUT2D eigenvalue weighted by Crippen LogP contribution is -2.28. The van der Waals surface area contributed by atoms with Crippen molar-refractivity contribution in [3.8, 4) is 0 Å². The zero-order valence-electron chi connectivity index (χ0n) is 15.9. The van der Waals surface area contributed by atoms with Gasteiger partial charge < -0.3 is 0 Å². The van der Waals surface area contributed by atoms with Crippen LogP contribution in [0.4, 0.5) is 5.69 Å². The zero-order chi connectivity index (χ0) is 20.1. The van der Waals surface area contributed by atoms with E-state index in [-0.39, 0.29) is 16.9 Å². The largest absolute Gasteiger partial charge is 0.297 e. The van der Waals surface area contributed by atoms with Crippen LogP contribution in [0.3, 0.4) is 0 Å². The molecule has 0 unspecified atom stereocenters. The van der Waals surface area contributed by atoms with Crippen molar-refractivity contribution in [3.63, 3.8) is 0 Å². The summed E-state index contributed by atoms with van der Waals surface area (Å²) in [5.41, 5.74) is 4.52. The number of nitro groups is 1. The third-order valence-corrected chi connectivity index (χ3v) is 6.02. The lowest BCUT2D eigenvalue weighted by molar-refractivity contribution is -0.384. The molecule has 0 saturated heterocycles. The van der Waals surface area contributed by atoms with Gasteiger partial charge in [0.2, 0.25) is 0 Å². The molecule has 0 radical (unpaired) electrons. The fraction of sp³-hybridized carbons (Fsp3) is 0.227. The molecule has 0 atom stereocenters. The van der Waals surface area contributed by atoms with Gasteiger partial charge in [-0.2, -0.15) is 0 Å². The van der Waals surface area contributed by atoms with Gasteiger partial charge in [0.15, 0.2) is 5.78 Å². The Kier molecular flexibility index (Phi) is 2.85. The number of carbonyl (C=O) groups excluding carboxylic acids is 1. The maximum absolute atomic E-state index is 13.3. The van der Waals surface area contributed by atoms with Gasteiger partial charge in [-0.1, -0.05) is 13.8 Å². The summed E-state index contributed by atoms with van der Waals surface area (Å²) in [6, 6.07) is 8.66. The fourth-order valence-corrected chi connectivity index (χ4v) is 4.87. The first-order valence-electron chi connectivity index (χ1n) is 9.49. The molecule has 0 aliphatic heterocycles. The highest BCUT2D eigenvalue weighted by atomic mass is 16.6. The van der Waals surface area contributed by atoms with E-state index in [2.05, 4.69) is 18.8 Å². The van der Waals surface area contributed by atoms with Crippen molar-refractivity contribution in [1.29, 1.82) is 0 Å². The van der Waals surface area contributed by atoms with Crippen LogP contribution in [0.15, 0.2) is 36.7 Å². The molecule has 3 aromatic heterocycles. The number of pyridine rings is 2. The van der Waals surface area contributed by atoms with E-state index in [1.807, 2.05) is 16.5 Å². The molecule has 0 amide bonds. The maximum Gasteiger partial charge on any atom is 0.270 e. The van der Waals surface area contributed by atoms with Crippen molar-refractivity contribution >= 4 is 49.7 Å². The molecular formula is C22H16N4O3. The Labute approximate surface area is 164 Å². The molecular weight excluding hydrogens is 368 g/mol. The van der Waals surface area contributed by atoms with Crippen LogP contribution in [0.2, 0.25) is 0 Å². The highest BCUT2D eigenvalue weighted by molar-refractivity contribution is 6.28. The number of nitrogens with zero attached hydrogens (tertiary/aromatic N) is 4. The zero-order valence-corrected chi connectivity index (χ0v) is 15.9. The Morgan fingerprint density at radius 1 is 1.10 bits per heavy atom. The summed E-state index contributed by atoms with van der Waals surface area (Å²) in [5, 5.41) is 13.8. The first-order valence-corrected chi connectivity index (χ1v) is 9.49. The predicted molar refractivity (Wildman–Crippen MR) is 110 cm³/mol. The SMILES string of the molecule is CC1(C)CC(=O)c2c(nc3ccc4ncn5c6ccc([N+](=O)[O-])cc6c2c3c45)C1. The summed E-state index contributed by atoms with van der Waals surface area (Å²) in [7, 11) is 0. The summed E-state index contributed by atoms with van der Waals surface area (Å²) in [4.78, 5) is 33.7. The van der Waals surface area contributed by atoms with Crippen LogP contribution in [0.5, 0.6) is 0 Å². The Balaban J connectivity index is 1.93. The number of fused-ring (bicyclic) bond motifs is 5. The van der Waals surface area contributed by atoms with Crippen LogP contribution >= 0.6 is 0 Å². The third-order valence-electron chi connectivity index (χ3n) is 6.02. The van der Waals surface area contributed by atoms with Crippen LogP contribution in [-0.2, 0) is 6.42 Å². The van der Waals surface area contributed by atoms with E-state index in [0.29, 0.717) is 23.8 Å². The van der Waals surface area contributed by atoms with Crippen LogP contribution < -0.4 is 0 Å². The van der Waals surface area contributed by atoms with Crippen molar-refractivity contribution in [2.75, 3.05) is 0 Å². The number of aromatic nitrogens is 3. The summed E-state index contributed by atoms with van der Waals surface area (Å²) in [5.74, 6) is 0.0445. The number of hydrogen-bond acceptors (Lipinski definition) is 5. The van der Waals surface area contributed by atoms with Crippen molar-refractivity contribution in [3.05, 3.63) is 58.0 Å². The van der Waals surface area contributed by atoms with E-state index < -0.39 is 4.92 Å². The van der Waals surface area contributed by atoms with Gasteiger partial charge in [-0.05, 0) is 30.0 Å². The molecule has 3 heterocycles. The molecule has 1 aliphatic rings. The molecule has 0 fully saturated rings. The van der Waals surface area contributed by atoms with Gasteiger partial charge in [0.25, 0.3) is 5.69 Å². The molecule has 0 N–H and O–H groups in total. The van der Waals surface area contributed by atoms with E-state index in [9.17, 15) is 14.9 Å². The normalized spacial score (nSPS) is 16.3. The Bertz CT molecular complexity index is 1530. The molecule has 7 nitrogen and oxygen atoms in total. The van der Waals surface area contributed by atoms with Crippen molar-refractivity contribution in [1.82, 2.24) is 14.4 Å². The number of hydrogen-bond donors (Lipinski definition) is 0. The number of benzene rings is 2. The number of ketones is 1. The van der Waals surface area contributed by atoms with Crippen LogP contribution in [-0.4, -0.2) is 25.1 Å². The van der Waals surface area contributed by atoms with Gasteiger partial charge in [-0.3, -0.25) is 24.3 Å². The van der Waals surface area contributed by atoms with Gasteiger partial charge in [-0.25, -0.2) is 4.98 Å². The minimum atomic E-state index is -0.403. The number of carbonyl (C=O) groups is 1. The topological polar surface area (TPSA) is 90.4 Å². The summed E-state index contributed by atoms with van der Waals surface area (Å²) < 4.78 is 1.94. The minimum absolute atomic E-state index is 0.00166. The van der Waals surface area contributed by atoms with E-state index in [1.165, 1.54) is 6.07 Å². The van der Waals surface area contributed by atoms with E-state index in [1.54, 1.807) is 18.5 Å². The molecule has 0 saturated carbocycles. The summed E-state index contributed by atoms with van der Waals surface area (Å²) in [6.07, 6.45) is 2.85. The molecule has 29 heavy (non-hydrogen) atoms. The van der Waals surface area contributed by atoms with Crippen molar-refractivity contribution in [2.24, 2.45) is 5.41 Å². The molecule has 7 heteroatoms. The highest BCUT2D eigenvalue weighted by Crippen LogP contribution is 2.43. The van der Waals surface area contributed by atoms with E-state index in [0.717, 1.165) is 38.5 Å². The lowest BCUT2D eigenvalue weighted by atomic mass is 9.74. The van der Waals surface area contributed by atoms with Crippen LogP contribution in [0, 0.1) is 15.5 Å². The molecule has 0 spiro atoms. The average Bonchev–Trinajstić information content (AvgIpc) is 3.09. The number of Topliss-reactive ketones (excluding diaryl/α,β-unsaturated/α-hetero) is 1. The standard InChI is InChI=1S/C22H16N4O3/c1-22(2)8-15-19(17(27)9-22)18-12-7-11(26(28)29)3-6-16(12)25-10-23-14-5-4-13(24-15)20(18)21(14)25/h3-7,10H,8-9H2,1-2H3. The van der Waals surface area contributed by atoms with Gasteiger partial charge in [0, 0.05) is 40.3 Å². The number of nitro benzene ring substituents is 1. The lowest BCUT2D eigenvalue weighted by Gasteiger charge is -2.30. The van der Waals surface area contributed by atoms with E-state index >= 15 is 0 Å². The van der Waals surface area contributed by atoms with Crippen LogP contribution in [0.25, 0.3) is 38.2 Å². The quantitative estimate of drug-likeness (QED) is 0.181. The number of rotatable bonds is 1. The number of imidazole rings is 1. The van der Waals surface area contributed by atoms with E-state index in [4.69, 9.17) is 4.98 Å².